The molecule has 0 aromatic heterocycles. The van der Waals surface area contributed by atoms with E-state index in [2.05, 4.69) is 5.32 Å². The molecular formula is C14H26N2O3. The van der Waals surface area contributed by atoms with Crippen molar-refractivity contribution in [2.24, 2.45) is 0 Å². The summed E-state index contributed by atoms with van der Waals surface area (Å²) in [6.07, 6.45) is 6.40. The molecule has 1 amide bonds. The van der Waals surface area contributed by atoms with Gasteiger partial charge in [0.1, 0.15) is 0 Å². The lowest BCUT2D eigenvalue weighted by atomic mass is 9.98. The molecule has 1 saturated heterocycles. The lowest BCUT2D eigenvalue weighted by Gasteiger charge is -2.21. The van der Waals surface area contributed by atoms with Gasteiger partial charge in [0.2, 0.25) is 5.91 Å². The molecule has 2 aliphatic rings. The van der Waals surface area contributed by atoms with Crippen molar-refractivity contribution in [3.05, 3.63) is 0 Å². The Labute approximate surface area is 115 Å². The summed E-state index contributed by atoms with van der Waals surface area (Å²) in [6, 6.07) is 0. The van der Waals surface area contributed by atoms with Crippen molar-refractivity contribution in [3.8, 4) is 0 Å². The minimum atomic E-state index is -0.199. The summed E-state index contributed by atoms with van der Waals surface area (Å²) in [7, 11) is 1.67. The minimum Gasteiger partial charge on any atom is -0.382 e. The molecule has 1 heterocycles. The second kappa shape index (κ2) is 7.22. The maximum Gasteiger partial charge on any atom is 0.243 e. The maximum absolute atomic E-state index is 12.4. The van der Waals surface area contributed by atoms with E-state index in [9.17, 15) is 4.79 Å². The van der Waals surface area contributed by atoms with E-state index >= 15 is 0 Å². The zero-order valence-electron chi connectivity index (χ0n) is 12.0. The van der Waals surface area contributed by atoms with Gasteiger partial charge >= 0.3 is 0 Å². The normalized spacial score (nSPS) is 21.7. The molecule has 5 heteroatoms. The Morgan fingerprint density at radius 1 is 1.21 bits per heavy atom. The van der Waals surface area contributed by atoms with Crippen LogP contribution in [0.25, 0.3) is 0 Å². The predicted octanol–water partition coefficient (Wildman–Crippen LogP) is 1.13. The van der Waals surface area contributed by atoms with Crippen LogP contribution in [0.4, 0.5) is 0 Å². The molecule has 5 nitrogen and oxygen atoms in total. The summed E-state index contributed by atoms with van der Waals surface area (Å²) in [5, 5.41) is 3.43. The smallest absolute Gasteiger partial charge is 0.243 e. The van der Waals surface area contributed by atoms with E-state index in [0.717, 1.165) is 45.5 Å². The van der Waals surface area contributed by atoms with Gasteiger partial charge < -0.3 is 14.4 Å². The summed E-state index contributed by atoms with van der Waals surface area (Å²) >= 11 is 0. The Morgan fingerprint density at radius 2 is 2.00 bits per heavy atom. The highest BCUT2D eigenvalue weighted by Gasteiger charge is 2.47. The number of methoxy groups -OCH3 is 1. The second-order valence-corrected chi connectivity index (χ2v) is 5.50. The number of carbonyl (C=O) groups excluding carboxylic acids is 1. The van der Waals surface area contributed by atoms with Gasteiger partial charge in [-0.15, -0.1) is 0 Å². The molecule has 1 aliphatic carbocycles. The van der Waals surface area contributed by atoms with Crippen LogP contribution in [0.3, 0.4) is 0 Å². The van der Waals surface area contributed by atoms with Gasteiger partial charge in [-0.2, -0.15) is 0 Å². The number of ether oxygens (including phenoxy) is 2. The van der Waals surface area contributed by atoms with Crippen LogP contribution in [-0.2, 0) is 14.3 Å². The Morgan fingerprint density at radius 3 is 2.74 bits per heavy atom. The summed E-state index contributed by atoms with van der Waals surface area (Å²) in [4.78, 5) is 14.3. The Balaban J connectivity index is 1.58. The highest BCUT2D eigenvalue weighted by atomic mass is 16.5. The first-order chi connectivity index (χ1) is 9.28. The number of nitrogens with one attached hydrogen (secondary N) is 1. The number of nitrogens with zero attached hydrogens (tertiary/aromatic N) is 1. The molecule has 2 rings (SSSR count). The van der Waals surface area contributed by atoms with E-state index in [4.69, 9.17) is 9.47 Å². The maximum atomic E-state index is 12.4. The van der Waals surface area contributed by atoms with Crippen LogP contribution in [0, 0.1) is 0 Å². The van der Waals surface area contributed by atoms with Gasteiger partial charge in [-0.05, 0) is 25.7 Å². The number of carbonyl (C=O) groups is 1. The summed E-state index contributed by atoms with van der Waals surface area (Å²) in [5.41, 5.74) is -0.199. The number of amides is 1. The number of unbranched alkanes of at least 4 members (excludes halogenated alkanes) is 1. The quantitative estimate of drug-likeness (QED) is 0.672. The fraction of sp³-hybridized carbons (Fsp3) is 0.929. The first kappa shape index (κ1) is 14.8. The van der Waals surface area contributed by atoms with Gasteiger partial charge in [0.15, 0.2) is 0 Å². The van der Waals surface area contributed by atoms with Crippen LogP contribution in [0.1, 0.15) is 38.5 Å². The summed E-state index contributed by atoms with van der Waals surface area (Å²) in [6.45, 7) is 3.63. The average molecular weight is 270 g/mol. The molecule has 0 atom stereocenters. The first-order valence-electron chi connectivity index (χ1n) is 7.40. The lowest BCUT2D eigenvalue weighted by molar-refractivity contribution is -0.132. The van der Waals surface area contributed by atoms with Crippen molar-refractivity contribution in [2.75, 3.05) is 40.1 Å². The standard InChI is InChI=1S/C14H26N2O3/c1-18-10-11-19-9-5-4-8-16-12-15-14(13(16)17)6-2-3-7-14/h15H,2-12H2,1H3. The largest absolute Gasteiger partial charge is 0.382 e. The van der Waals surface area contributed by atoms with Crippen LogP contribution in [0.5, 0.6) is 0 Å². The third kappa shape index (κ3) is 3.68. The molecule has 1 saturated carbocycles. The van der Waals surface area contributed by atoms with Crippen LogP contribution in [0.15, 0.2) is 0 Å². The second-order valence-electron chi connectivity index (χ2n) is 5.50. The molecule has 0 aromatic rings. The van der Waals surface area contributed by atoms with E-state index in [0.29, 0.717) is 19.1 Å². The zero-order valence-corrected chi connectivity index (χ0v) is 12.0. The van der Waals surface area contributed by atoms with Crippen molar-refractivity contribution in [3.63, 3.8) is 0 Å². The molecule has 110 valence electrons. The lowest BCUT2D eigenvalue weighted by Crippen LogP contribution is -2.43. The van der Waals surface area contributed by atoms with Crippen molar-refractivity contribution in [1.29, 1.82) is 0 Å². The van der Waals surface area contributed by atoms with Gasteiger partial charge in [-0.25, -0.2) is 0 Å². The molecule has 0 radical (unpaired) electrons. The van der Waals surface area contributed by atoms with Crippen LogP contribution >= 0.6 is 0 Å². The Kier molecular flexibility index (Phi) is 5.60. The molecule has 1 spiro atoms. The van der Waals surface area contributed by atoms with E-state index in [1.54, 1.807) is 7.11 Å². The van der Waals surface area contributed by atoms with Crippen molar-refractivity contribution in [2.45, 2.75) is 44.1 Å². The van der Waals surface area contributed by atoms with Gasteiger partial charge in [-0.3, -0.25) is 10.1 Å². The Hall–Kier alpha value is -0.650. The van der Waals surface area contributed by atoms with Crippen molar-refractivity contribution >= 4 is 5.91 Å². The van der Waals surface area contributed by atoms with Gasteiger partial charge in [0.05, 0.1) is 25.4 Å². The highest BCUT2D eigenvalue weighted by molar-refractivity contribution is 5.88. The number of rotatable bonds is 8. The summed E-state index contributed by atoms with van der Waals surface area (Å²) in [5.74, 6) is 0.324. The fourth-order valence-electron chi connectivity index (χ4n) is 3.00. The molecule has 0 unspecified atom stereocenters. The Bertz CT molecular complexity index is 290. The van der Waals surface area contributed by atoms with E-state index < -0.39 is 0 Å². The number of hydrogen-bond acceptors (Lipinski definition) is 4. The SMILES string of the molecule is COCCOCCCCN1CNC2(CCCC2)C1=O. The predicted molar refractivity (Wildman–Crippen MR) is 72.8 cm³/mol. The third-order valence-electron chi connectivity index (χ3n) is 4.16. The summed E-state index contributed by atoms with van der Waals surface area (Å²) < 4.78 is 10.3. The van der Waals surface area contributed by atoms with Crippen LogP contribution in [-0.4, -0.2) is 56.5 Å². The van der Waals surface area contributed by atoms with E-state index in [-0.39, 0.29) is 5.54 Å². The topological polar surface area (TPSA) is 50.8 Å². The van der Waals surface area contributed by atoms with E-state index in [1.807, 2.05) is 4.90 Å². The molecular weight excluding hydrogens is 244 g/mol. The van der Waals surface area contributed by atoms with Crippen LogP contribution in [0.2, 0.25) is 0 Å². The zero-order chi connectivity index (χ0) is 13.6. The molecule has 0 aromatic carbocycles. The average Bonchev–Trinajstić information content (AvgIpc) is 3.01. The molecule has 0 bridgehead atoms. The van der Waals surface area contributed by atoms with E-state index in [1.165, 1.54) is 12.8 Å². The van der Waals surface area contributed by atoms with Gasteiger partial charge in [0, 0.05) is 20.3 Å². The highest BCUT2D eigenvalue weighted by Crippen LogP contribution is 2.34. The van der Waals surface area contributed by atoms with Crippen molar-refractivity contribution < 1.29 is 14.3 Å². The molecule has 1 N–H and O–H groups in total. The first-order valence-corrected chi connectivity index (χ1v) is 7.40. The molecule has 2 fully saturated rings. The third-order valence-corrected chi connectivity index (χ3v) is 4.16. The minimum absolute atomic E-state index is 0.199. The fourth-order valence-corrected chi connectivity index (χ4v) is 3.00. The van der Waals surface area contributed by atoms with Crippen molar-refractivity contribution in [1.82, 2.24) is 10.2 Å². The van der Waals surface area contributed by atoms with Crippen LogP contribution < -0.4 is 5.32 Å². The molecule has 1 aliphatic heterocycles. The monoisotopic (exact) mass is 270 g/mol. The number of hydrogen-bond donors (Lipinski definition) is 1. The van der Waals surface area contributed by atoms with Gasteiger partial charge in [0.25, 0.3) is 0 Å². The molecule has 19 heavy (non-hydrogen) atoms. The van der Waals surface area contributed by atoms with Gasteiger partial charge in [-0.1, -0.05) is 12.8 Å².